The average Bonchev–Trinajstić information content (AvgIpc) is 2.93. The van der Waals surface area contributed by atoms with E-state index in [-0.39, 0.29) is 62.1 Å². The van der Waals surface area contributed by atoms with Crippen LogP contribution in [0, 0.1) is 50.2 Å². The van der Waals surface area contributed by atoms with E-state index in [1.165, 1.54) is 5.57 Å². The van der Waals surface area contributed by atoms with Crippen molar-refractivity contribution in [1.29, 1.82) is 0 Å². The molecule has 5 N–H and O–H groups in total. The fraction of sp³-hybridized carbons (Fsp3) is 0.865. The van der Waals surface area contributed by atoms with Crippen LogP contribution in [-0.4, -0.2) is 69.1 Å². The van der Waals surface area contributed by atoms with Crippen molar-refractivity contribution < 1.29 is 35.1 Å². The van der Waals surface area contributed by atoms with Crippen molar-refractivity contribution in [3.05, 3.63) is 23.3 Å². The summed E-state index contributed by atoms with van der Waals surface area (Å²) < 4.78 is 5.82. The van der Waals surface area contributed by atoms with E-state index in [1.54, 1.807) is 13.0 Å². The minimum atomic E-state index is -1.22. The number of fused-ring (bicyclic) bond motifs is 7. The smallest absolute Gasteiger partial charge is 0.333 e. The first-order valence-corrected chi connectivity index (χ1v) is 16.2. The van der Waals surface area contributed by atoms with Crippen molar-refractivity contribution in [3.8, 4) is 0 Å². The number of hydrogen-bond donors (Lipinski definition) is 5. The van der Waals surface area contributed by atoms with Gasteiger partial charge < -0.3 is 30.3 Å². The molecule has 12 atom stereocenters. The second kappa shape index (κ2) is 11.8. The summed E-state index contributed by atoms with van der Waals surface area (Å²) in [6.45, 7) is 16.5. The first-order chi connectivity index (χ1) is 19.4. The zero-order valence-electron chi connectivity index (χ0n) is 27.1. The highest BCUT2D eigenvalue weighted by atomic mass is 16.5. The molecule has 0 saturated heterocycles. The number of ether oxygens (including phenoxy) is 1. The van der Waals surface area contributed by atoms with E-state index >= 15 is 0 Å². The van der Waals surface area contributed by atoms with Crippen LogP contribution in [-0.2, 0) is 9.53 Å². The zero-order chi connectivity index (χ0) is 31.3. The Hall–Kier alpha value is -1.25. The molecule has 0 aromatic rings. The summed E-state index contributed by atoms with van der Waals surface area (Å²) in [6.07, 6.45) is 5.57. The maximum atomic E-state index is 12.6. The second-order valence-electron chi connectivity index (χ2n) is 16.5. The van der Waals surface area contributed by atoms with Gasteiger partial charge in [0.2, 0.25) is 0 Å². The maximum Gasteiger partial charge on any atom is 0.333 e. The molecule has 0 radical (unpaired) electrons. The van der Waals surface area contributed by atoms with E-state index in [0.29, 0.717) is 30.8 Å². The molecule has 0 amide bonds. The Morgan fingerprint density at radius 3 is 2.16 bits per heavy atom. The van der Waals surface area contributed by atoms with E-state index < -0.39 is 40.7 Å². The van der Waals surface area contributed by atoms with Crippen molar-refractivity contribution in [3.63, 3.8) is 0 Å². The van der Waals surface area contributed by atoms with Crippen molar-refractivity contribution in [2.24, 2.45) is 50.2 Å². The van der Waals surface area contributed by atoms with Gasteiger partial charge in [-0.2, -0.15) is 0 Å². The van der Waals surface area contributed by atoms with Crippen LogP contribution >= 0.6 is 0 Å². The number of hydrogen-bond acceptors (Lipinski definition) is 7. The molecule has 0 heterocycles. The largest absolute Gasteiger partial charge is 0.462 e. The molecule has 5 aliphatic carbocycles. The Labute approximate surface area is 267 Å². The summed E-state index contributed by atoms with van der Waals surface area (Å²) in [4.78, 5) is 12.6. The number of carbonyl (C=O) groups excluding carboxylic acids is 1. The first kappa shape index (κ1) is 37.2. The lowest BCUT2D eigenvalue weighted by molar-refractivity contribution is -0.259. The molecular weight excluding hydrogens is 556 g/mol. The number of allylic oxidation sites excluding steroid dienone is 3. The van der Waals surface area contributed by atoms with E-state index in [2.05, 4.69) is 33.8 Å². The SMILES string of the molecule is C.C.C/C=C(\C)C(=O)OC[C@]1(C)C2CC[C@]3(C)C(CC=C4C5CC(C)(C)[C@@H](O)[C@H](O)[C@]5(CO)[C@H](O)C[C@]43C)[C@@]2(C)CC[C@@H]1O. The molecule has 0 aromatic carbocycles. The molecule has 7 heteroatoms. The standard InChI is InChI=1S/C35H56O7.2CH4/c1-9-20(2)29(41)42-19-32(6)23-12-15-33(7)24(31(23,5)14-13-25(32)37)11-10-21-22-16-30(3,4)27(39)28(40)35(22,18-36)26(38)17-34(21,33)8;;/h9-10,22-28,36-40H,11-19H2,1-8H3;2*1H4/b20-9+;;/t22?,23?,24?,25-,26+,27-,28-,31-,32+,33+,34+,35-;;/m0../s1. The normalized spacial score (nSPS) is 49.4. The highest BCUT2D eigenvalue weighted by molar-refractivity contribution is 5.87. The lowest BCUT2D eigenvalue weighted by Gasteiger charge is -2.72. The summed E-state index contributed by atoms with van der Waals surface area (Å²) in [5.41, 5.74) is -1.12. The Balaban J connectivity index is 0.00000264. The van der Waals surface area contributed by atoms with Crippen LogP contribution in [0.25, 0.3) is 0 Å². The maximum absolute atomic E-state index is 12.6. The van der Waals surface area contributed by atoms with Gasteiger partial charge in [0.15, 0.2) is 0 Å². The van der Waals surface area contributed by atoms with Crippen molar-refractivity contribution in [2.45, 2.75) is 140 Å². The number of aliphatic hydroxyl groups is 5. The molecule has 5 aliphatic rings. The third kappa shape index (κ3) is 4.64. The summed E-state index contributed by atoms with van der Waals surface area (Å²) >= 11 is 0. The number of aliphatic hydroxyl groups excluding tert-OH is 5. The average molecular weight is 621 g/mol. The minimum absolute atomic E-state index is 0. The number of carbonyl (C=O) groups is 1. The lowest BCUT2D eigenvalue weighted by Crippen LogP contribution is -2.71. The molecule has 254 valence electrons. The van der Waals surface area contributed by atoms with Gasteiger partial charge in [-0.25, -0.2) is 4.79 Å². The van der Waals surface area contributed by atoms with Gasteiger partial charge in [-0.3, -0.25) is 0 Å². The monoisotopic (exact) mass is 620 g/mol. The quantitative estimate of drug-likeness (QED) is 0.152. The van der Waals surface area contributed by atoms with Crippen LogP contribution in [0.2, 0.25) is 0 Å². The minimum Gasteiger partial charge on any atom is -0.462 e. The van der Waals surface area contributed by atoms with Gasteiger partial charge in [-0.05, 0) is 98.2 Å². The fourth-order valence-corrected chi connectivity index (χ4v) is 11.4. The molecule has 0 aromatic heterocycles. The van der Waals surface area contributed by atoms with Crippen LogP contribution in [0.4, 0.5) is 0 Å². The summed E-state index contributed by atoms with van der Waals surface area (Å²) in [7, 11) is 0. The highest BCUT2D eigenvalue weighted by Crippen LogP contribution is 2.75. The third-order valence-electron chi connectivity index (χ3n) is 14.5. The number of esters is 1. The Kier molecular flexibility index (Phi) is 9.95. The van der Waals surface area contributed by atoms with Gasteiger partial charge >= 0.3 is 5.97 Å². The molecule has 4 fully saturated rings. The molecular formula is C37H64O7. The van der Waals surface area contributed by atoms with Gasteiger partial charge in [0.05, 0.1) is 43.0 Å². The van der Waals surface area contributed by atoms with Crippen LogP contribution < -0.4 is 0 Å². The topological polar surface area (TPSA) is 127 Å². The van der Waals surface area contributed by atoms with Crippen LogP contribution in [0.15, 0.2) is 23.3 Å². The van der Waals surface area contributed by atoms with Crippen molar-refractivity contribution in [2.75, 3.05) is 13.2 Å². The predicted molar refractivity (Wildman–Crippen MR) is 174 cm³/mol. The fourth-order valence-electron chi connectivity index (χ4n) is 11.4. The lowest BCUT2D eigenvalue weighted by atomic mass is 9.33. The zero-order valence-corrected chi connectivity index (χ0v) is 27.1. The Bertz CT molecular complexity index is 1160. The molecule has 4 saturated carbocycles. The van der Waals surface area contributed by atoms with Gasteiger partial charge in [-0.15, -0.1) is 0 Å². The van der Waals surface area contributed by atoms with Gasteiger partial charge in [0.1, 0.15) is 0 Å². The van der Waals surface area contributed by atoms with Crippen LogP contribution in [0.1, 0.15) is 115 Å². The van der Waals surface area contributed by atoms with E-state index in [1.807, 2.05) is 20.8 Å². The van der Waals surface area contributed by atoms with Gasteiger partial charge in [-0.1, -0.05) is 74.1 Å². The Morgan fingerprint density at radius 1 is 0.932 bits per heavy atom. The molecule has 0 bridgehead atoms. The summed E-state index contributed by atoms with van der Waals surface area (Å²) in [5, 5.41) is 56.6. The first-order valence-electron chi connectivity index (χ1n) is 16.2. The van der Waals surface area contributed by atoms with Gasteiger partial charge in [0, 0.05) is 11.0 Å². The molecule has 0 spiro atoms. The third-order valence-corrected chi connectivity index (χ3v) is 14.5. The van der Waals surface area contributed by atoms with Crippen molar-refractivity contribution in [1.82, 2.24) is 0 Å². The summed E-state index contributed by atoms with van der Waals surface area (Å²) in [5.74, 6) is -0.110. The molecule has 3 unspecified atom stereocenters. The molecule has 5 rings (SSSR count). The number of rotatable bonds is 4. The molecule has 7 nitrogen and oxygen atoms in total. The highest BCUT2D eigenvalue weighted by Gasteiger charge is 2.72. The predicted octanol–water partition coefficient (Wildman–Crippen LogP) is 5.82. The van der Waals surface area contributed by atoms with Crippen LogP contribution in [0.3, 0.4) is 0 Å². The van der Waals surface area contributed by atoms with Gasteiger partial charge in [0.25, 0.3) is 0 Å². The molecule has 0 aliphatic heterocycles. The summed E-state index contributed by atoms with van der Waals surface area (Å²) in [6, 6.07) is 0. The van der Waals surface area contributed by atoms with E-state index in [4.69, 9.17) is 4.74 Å². The second-order valence-corrected chi connectivity index (χ2v) is 16.5. The van der Waals surface area contributed by atoms with Crippen LogP contribution in [0.5, 0.6) is 0 Å². The van der Waals surface area contributed by atoms with E-state index in [0.717, 1.165) is 25.7 Å². The van der Waals surface area contributed by atoms with Crippen molar-refractivity contribution >= 4 is 5.97 Å². The molecule has 44 heavy (non-hydrogen) atoms. The van der Waals surface area contributed by atoms with E-state index in [9.17, 15) is 30.3 Å². The Morgan fingerprint density at radius 2 is 1.57 bits per heavy atom.